The SMILES string of the molecule is C#CCCCC(O)C(C)(C)C. The molecule has 0 saturated carbocycles. The van der Waals surface area contributed by atoms with E-state index in [1.54, 1.807) is 0 Å². The Morgan fingerprint density at radius 1 is 1.45 bits per heavy atom. The largest absolute Gasteiger partial charge is 0.393 e. The third kappa shape index (κ3) is 4.86. The third-order valence-corrected chi connectivity index (χ3v) is 1.80. The smallest absolute Gasteiger partial charge is 0.0588 e. The van der Waals surface area contributed by atoms with Crippen LogP contribution in [0.5, 0.6) is 0 Å². The summed E-state index contributed by atoms with van der Waals surface area (Å²) in [5, 5.41) is 9.54. The highest BCUT2D eigenvalue weighted by atomic mass is 16.3. The molecule has 64 valence electrons. The highest BCUT2D eigenvalue weighted by Crippen LogP contribution is 2.22. The van der Waals surface area contributed by atoms with Crippen LogP contribution in [-0.4, -0.2) is 11.2 Å². The second kappa shape index (κ2) is 4.41. The number of aliphatic hydroxyl groups excluding tert-OH is 1. The molecule has 1 nitrogen and oxygen atoms in total. The number of aliphatic hydroxyl groups is 1. The number of unbranched alkanes of at least 4 members (excludes halogenated alkanes) is 1. The fourth-order valence-corrected chi connectivity index (χ4v) is 0.830. The van der Waals surface area contributed by atoms with Crippen LogP contribution in [0.1, 0.15) is 40.0 Å². The first-order valence-electron chi connectivity index (χ1n) is 4.10. The van der Waals surface area contributed by atoms with Crippen molar-refractivity contribution < 1.29 is 5.11 Å². The monoisotopic (exact) mass is 154 g/mol. The van der Waals surface area contributed by atoms with E-state index in [0.29, 0.717) is 0 Å². The minimum atomic E-state index is -0.226. The normalized spacial score (nSPS) is 14.1. The predicted molar refractivity (Wildman–Crippen MR) is 48.1 cm³/mol. The van der Waals surface area contributed by atoms with E-state index < -0.39 is 0 Å². The zero-order valence-corrected chi connectivity index (χ0v) is 7.72. The van der Waals surface area contributed by atoms with Crippen molar-refractivity contribution in [2.24, 2.45) is 5.41 Å². The lowest BCUT2D eigenvalue weighted by Gasteiger charge is -2.25. The molecule has 1 unspecified atom stereocenters. The van der Waals surface area contributed by atoms with Gasteiger partial charge in [0.15, 0.2) is 0 Å². The topological polar surface area (TPSA) is 20.2 Å². The summed E-state index contributed by atoms with van der Waals surface area (Å²) in [6, 6.07) is 0. The van der Waals surface area contributed by atoms with E-state index in [9.17, 15) is 5.11 Å². The van der Waals surface area contributed by atoms with E-state index in [1.807, 2.05) is 20.8 Å². The second-order valence-electron chi connectivity index (χ2n) is 3.98. The van der Waals surface area contributed by atoms with Gasteiger partial charge < -0.3 is 5.11 Å². The first-order valence-corrected chi connectivity index (χ1v) is 4.10. The highest BCUT2D eigenvalue weighted by molar-refractivity contribution is 4.84. The average molecular weight is 154 g/mol. The molecule has 0 bridgehead atoms. The van der Waals surface area contributed by atoms with Gasteiger partial charge in [0.1, 0.15) is 0 Å². The average Bonchev–Trinajstić information content (AvgIpc) is 1.86. The first kappa shape index (κ1) is 10.5. The maximum Gasteiger partial charge on any atom is 0.0588 e. The molecule has 0 aromatic carbocycles. The Balaban J connectivity index is 3.55. The van der Waals surface area contributed by atoms with Gasteiger partial charge in [-0.05, 0) is 18.3 Å². The molecule has 1 heteroatoms. The number of rotatable bonds is 3. The Morgan fingerprint density at radius 2 is 2.00 bits per heavy atom. The molecule has 0 aliphatic carbocycles. The molecule has 11 heavy (non-hydrogen) atoms. The summed E-state index contributed by atoms with van der Waals surface area (Å²) < 4.78 is 0. The molecule has 0 aromatic heterocycles. The number of hydrogen-bond acceptors (Lipinski definition) is 1. The lowest BCUT2D eigenvalue weighted by molar-refractivity contribution is 0.0543. The fraction of sp³-hybridized carbons (Fsp3) is 0.800. The zero-order valence-electron chi connectivity index (χ0n) is 7.72. The predicted octanol–water partition coefficient (Wildman–Crippen LogP) is 2.20. The molecule has 0 rings (SSSR count). The lowest BCUT2D eigenvalue weighted by atomic mass is 9.86. The van der Waals surface area contributed by atoms with Crippen LogP contribution in [0.15, 0.2) is 0 Å². The van der Waals surface area contributed by atoms with Gasteiger partial charge >= 0.3 is 0 Å². The Hall–Kier alpha value is -0.480. The summed E-state index contributed by atoms with van der Waals surface area (Å²) in [4.78, 5) is 0. The Morgan fingerprint density at radius 3 is 2.36 bits per heavy atom. The van der Waals surface area contributed by atoms with E-state index in [0.717, 1.165) is 19.3 Å². The standard InChI is InChI=1S/C10H18O/c1-5-6-7-8-9(11)10(2,3)4/h1,9,11H,6-8H2,2-4H3. The van der Waals surface area contributed by atoms with Crippen LogP contribution in [0.2, 0.25) is 0 Å². The summed E-state index contributed by atoms with van der Waals surface area (Å²) in [6.07, 6.45) is 7.38. The van der Waals surface area contributed by atoms with Crippen molar-refractivity contribution in [3.05, 3.63) is 0 Å². The molecule has 0 saturated heterocycles. The van der Waals surface area contributed by atoms with Crippen LogP contribution in [0.4, 0.5) is 0 Å². The highest BCUT2D eigenvalue weighted by Gasteiger charge is 2.20. The van der Waals surface area contributed by atoms with Gasteiger partial charge in [-0.2, -0.15) is 0 Å². The van der Waals surface area contributed by atoms with Gasteiger partial charge in [-0.1, -0.05) is 20.8 Å². The molecular formula is C10H18O. The van der Waals surface area contributed by atoms with Crippen molar-refractivity contribution in [3.8, 4) is 12.3 Å². The van der Waals surface area contributed by atoms with Crippen molar-refractivity contribution in [1.29, 1.82) is 0 Å². The van der Waals surface area contributed by atoms with Gasteiger partial charge in [0.2, 0.25) is 0 Å². The van der Waals surface area contributed by atoms with E-state index in [-0.39, 0.29) is 11.5 Å². The molecule has 0 aliphatic rings. The molecule has 0 spiro atoms. The first-order chi connectivity index (χ1) is 4.98. The Labute approximate surface area is 69.8 Å². The lowest BCUT2D eigenvalue weighted by Crippen LogP contribution is -2.25. The van der Waals surface area contributed by atoms with Crippen LogP contribution in [0.3, 0.4) is 0 Å². The van der Waals surface area contributed by atoms with Gasteiger partial charge in [-0.15, -0.1) is 12.3 Å². The van der Waals surface area contributed by atoms with Gasteiger partial charge in [0.25, 0.3) is 0 Å². The summed E-state index contributed by atoms with van der Waals surface area (Å²) in [5.74, 6) is 2.56. The quantitative estimate of drug-likeness (QED) is 0.488. The van der Waals surface area contributed by atoms with Crippen molar-refractivity contribution in [2.75, 3.05) is 0 Å². The molecule has 0 amide bonds. The molecule has 0 radical (unpaired) electrons. The number of terminal acetylenes is 1. The van der Waals surface area contributed by atoms with Gasteiger partial charge in [-0.3, -0.25) is 0 Å². The molecule has 0 heterocycles. The van der Waals surface area contributed by atoms with E-state index in [2.05, 4.69) is 5.92 Å². The van der Waals surface area contributed by atoms with Crippen molar-refractivity contribution in [2.45, 2.75) is 46.1 Å². The Kier molecular flexibility index (Phi) is 4.22. The zero-order chi connectivity index (χ0) is 8.91. The van der Waals surface area contributed by atoms with E-state index in [1.165, 1.54) is 0 Å². The molecule has 0 aromatic rings. The van der Waals surface area contributed by atoms with E-state index >= 15 is 0 Å². The van der Waals surface area contributed by atoms with Crippen LogP contribution in [0, 0.1) is 17.8 Å². The van der Waals surface area contributed by atoms with Crippen LogP contribution in [-0.2, 0) is 0 Å². The Bertz CT molecular complexity index is 136. The van der Waals surface area contributed by atoms with Crippen molar-refractivity contribution in [1.82, 2.24) is 0 Å². The van der Waals surface area contributed by atoms with Gasteiger partial charge in [0, 0.05) is 6.42 Å². The maximum absolute atomic E-state index is 9.54. The van der Waals surface area contributed by atoms with Crippen molar-refractivity contribution in [3.63, 3.8) is 0 Å². The summed E-state index contributed by atoms with van der Waals surface area (Å²) in [6.45, 7) is 6.11. The van der Waals surface area contributed by atoms with Crippen molar-refractivity contribution >= 4 is 0 Å². The summed E-state index contributed by atoms with van der Waals surface area (Å²) in [5.41, 5.74) is -0.00536. The third-order valence-electron chi connectivity index (χ3n) is 1.80. The molecular weight excluding hydrogens is 136 g/mol. The van der Waals surface area contributed by atoms with E-state index in [4.69, 9.17) is 6.42 Å². The molecule has 1 atom stereocenters. The molecule has 0 fully saturated rings. The van der Waals surface area contributed by atoms with Crippen LogP contribution >= 0.6 is 0 Å². The fourth-order valence-electron chi connectivity index (χ4n) is 0.830. The maximum atomic E-state index is 9.54. The van der Waals surface area contributed by atoms with Crippen LogP contribution < -0.4 is 0 Å². The van der Waals surface area contributed by atoms with Gasteiger partial charge in [0.05, 0.1) is 6.10 Å². The molecule has 1 N–H and O–H groups in total. The van der Waals surface area contributed by atoms with Crippen LogP contribution in [0.25, 0.3) is 0 Å². The minimum absolute atomic E-state index is 0.00536. The second-order valence-corrected chi connectivity index (χ2v) is 3.98. The summed E-state index contributed by atoms with van der Waals surface area (Å²) in [7, 11) is 0. The summed E-state index contributed by atoms with van der Waals surface area (Å²) >= 11 is 0. The minimum Gasteiger partial charge on any atom is -0.393 e. The van der Waals surface area contributed by atoms with Gasteiger partial charge in [-0.25, -0.2) is 0 Å². The molecule has 0 aliphatic heterocycles. The number of hydrogen-bond donors (Lipinski definition) is 1.